The average Bonchev–Trinajstić information content (AvgIpc) is 2.45. The minimum absolute atomic E-state index is 0.0296. The lowest BCUT2D eigenvalue weighted by molar-refractivity contribution is -0.173. The van der Waals surface area contributed by atoms with Crippen LogP contribution < -0.4 is 10.6 Å². The van der Waals surface area contributed by atoms with Gasteiger partial charge in [-0.05, 0) is 44.3 Å². The number of aliphatic hydroxyl groups is 1. The van der Waals surface area contributed by atoms with E-state index in [9.17, 15) is 9.90 Å². The zero-order valence-electron chi connectivity index (χ0n) is 12.4. The Kier molecular flexibility index (Phi) is 4.00. The van der Waals surface area contributed by atoms with Gasteiger partial charge in [-0.15, -0.1) is 0 Å². The van der Waals surface area contributed by atoms with E-state index >= 15 is 0 Å². The summed E-state index contributed by atoms with van der Waals surface area (Å²) in [5, 5.41) is 17.3. The monoisotopic (exact) mass is 288 g/mol. The van der Waals surface area contributed by atoms with Crippen LogP contribution in [-0.2, 0) is 11.3 Å². The van der Waals surface area contributed by atoms with E-state index in [4.69, 9.17) is 0 Å². The molecular weight excluding hydrogens is 264 g/mol. The molecule has 1 amide bonds. The van der Waals surface area contributed by atoms with Crippen molar-refractivity contribution in [2.24, 2.45) is 5.41 Å². The SMILES string of the molecule is O=C(NCc1ccccc1)C1(C2(O)CCNCC2)CCC1. The first-order chi connectivity index (χ1) is 10.2. The summed E-state index contributed by atoms with van der Waals surface area (Å²) in [6.45, 7) is 2.13. The first-order valence-electron chi connectivity index (χ1n) is 7.92. The Morgan fingerprint density at radius 2 is 1.81 bits per heavy atom. The molecule has 0 bridgehead atoms. The average molecular weight is 288 g/mol. The Labute approximate surface area is 125 Å². The lowest BCUT2D eigenvalue weighted by Gasteiger charge is -2.53. The zero-order chi connectivity index (χ0) is 14.8. The molecule has 2 aliphatic rings. The third-order valence-electron chi connectivity index (χ3n) is 5.26. The maximum atomic E-state index is 12.7. The highest BCUT2D eigenvalue weighted by molar-refractivity contribution is 5.85. The molecule has 3 N–H and O–H groups in total. The van der Waals surface area contributed by atoms with Gasteiger partial charge in [-0.2, -0.15) is 0 Å². The molecule has 0 unspecified atom stereocenters. The summed E-state index contributed by atoms with van der Waals surface area (Å²) in [6.07, 6.45) is 4.00. The van der Waals surface area contributed by atoms with Crippen molar-refractivity contribution >= 4 is 5.91 Å². The second-order valence-corrected chi connectivity index (χ2v) is 6.39. The number of nitrogens with one attached hydrogen (secondary N) is 2. The second-order valence-electron chi connectivity index (χ2n) is 6.39. The molecule has 0 atom stereocenters. The number of carbonyl (C=O) groups excluding carboxylic acids is 1. The minimum Gasteiger partial charge on any atom is -0.389 e. The number of hydrogen-bond acceptors (Lipinski definition) is 3. The van der Waals surface area contributed by atoms with Crippen molar-refractivity contribution < 1.29 is 9.90 Å². The Bertz CT molecular complexity index is 491. The second kappa shape index (κ2) is 5.78. The molecule has 1 aromatic carbocycles. The van der Waals surface area contributed by atoms with Crippen LogP contribution >= 0.6 is 0 Å². The minimum atomic E-state index is -0.836. The van der Waals surface area contributed by atoms with Crippen molar-refractivity contribution in [3.63, 3.8) is 0 Å². The molecular formula is C17H24N2O2. The van der Waals surface area contributed by atoms with E-state index in [2.05, 4.69) is 10.6 Å². The van der Waals surface area contributed by atoms with Crippen LogP contribution in [0.4, 0.5) is 0 Å². The van der Waals surface area contributed by atoms with Gasteiger partial charge < -0.3 is 15.7 Å². The van der Waals surface area contributed by atoms with Crippen LogP contribution in [0.5, 0.6) is 0 Å². The van der Waals surface area contributed by atoms with Crippen LogP contribution in [-0.4, -0.2) is 29.7 Å². The lowest BCUT2D eigenvalue weighted by atomic mass is 9.55. The molecule has 0 radical (unpaired) electrons. The predicted molar refractivity (Wildman–Crippen MR) is 81.6 cm³/mol. The number of hydrogen-bond donors (Lipinski definition) is 3. The van der Waals surface area contributed by atoms with E-state index in [1.807, 2.05) is 30.3 Å². The molecule has 4 heteroatoms. The maximum absolute atomic E-state index is 12.7. The van der Waals surface area contributed by atoms with Crippen LogP contribution in [0.2, 0.25) is 0 Å². The van der Waals surface area contributed by atoms with Crippen LogP contribution in [0.1, 0.15) is 37.7 Å². The molecule has 1 saturated heterocycles. The van der Waals surface area contributed by atoms with Gasteiger partial charge in [-0.3, -0.25) is 4.79 Å². The van der Waals surface area contributed by atoms with Gasteiger partial charge in [0.25, 0.3) is 0 Å². The summed E-state index contributed by atoms with van der Waals surface area (Å²) < 4.78 is 0. The number of carbonyl (C=O) groups is 1. The zero-order valence-corrected chi connectivity index (χ0v) is 12.4. The van der Waals surface area contributed by atoms with Gasteiger partial charge in [0.2, 0.25) is 5.91 Å². The Morgan fingerprint density at radius 1 is 1.14 bits per heavy atom. The molecule has 1 aliphatic carbocycles. The van der Waals surface area contributed by atoms with E-state index in [1.54, 1.807) is 0 Å². The highest BCUT2D eigenvalue weighted by Gasteiger charge is 2.58. The van der Waals surface area contributed by atoms with E-state index in [1.165, 1.54) is 0 Å². The molecule has 0 spiro atoms. The van der Waals surface area contributed by atoms with E-state index in [-0.39, 0.29) is 5.91 Å². The van der Waals surface area contributed by atoms with E-state index in [0.29, 0.717) is 19.4 Å². The van der Waals surface area contributed by atoms with Gasteiger partial charge >= 0.3 is 0 Å². The van der Waals surface area contributed by atoms with Gasteiger partial charge in [0, 0.05) is 6.54 Å². The van der Waals surface area contributed by atoms with Gasteiger partial charge in [0.05, 0.1) is 11.0 Å². The standard InChI is InChI=1S/C17H24N2O2/c20-15(19-13-14-5-2-1-3-6-14)16(7-4-8-16)17(21)9-11-18-12-10-17/h1-3,5-6,18,21H,4,7-13H2,(H,19,20). The molecule has 1 aromatic rings. The van der Waals surface area contributed by atoms with Gasteiger partial charge in [0.15, 0.2) is 0 Å². The van der Waals surface area contributed by atoms with Crippen molar-refractivity contribution in [1.29, 1.82) is 0 Å². The molecule has 2 fully saturated rings. The van der Waals surface area contributed by atoms with Crippen LogP contribution in [0, 0.1) is 5.41 Å². The van der Waals surface area contributed by atoms with Crippen molar-refractivity contribution in [2.75, 3.05) is 13.1 Å². The first-order valence-corrected chi connectivity index (χ1v) is 7.92. The fourth-order valence-electron chi connectivity index (χ4n) is 3.70. The Balaban J connectivity index is 1.69. The van der Waals surface area contributed by atoms with Gasteiger partial charge in [-0.1, -0.05) is 36.8 Å². The normalized spacial score (nSPS) is 23.1. The third kappa shape index (κ3) is 2.58. The number of benzene rings is 1. The summed E-state index contributed by atoms with van der Waals surface area (Å²) >= 11 is 0. The molecule has 114 valence electrons. The smallest absolute Gasteiger partial charge is 0.229 e. The van der Waals surface area contributed by atoms with E-state index in [0.717, 1.165) is 37.9 Å². The van der Waals surface area contributed by atoms with E-state index < -0.39 is 11.0 Å². The fourth-order valence-corrected chi connectivity index (χ4v) is 3.70. The molecule has 3 rings (SSSR count). The quantitative estimate of drug-likeness (QED) is 0.788. The number of rotatable bonds is 4. The molecule has 1 heterocycles. The van der Waals surface area contributed by atoms with Crippen LogP contribution in [0.25, 0.3) is 0 Å². The predicted octanol–water partition coefficient (Wildman–Crippen LogP) is 1.59. The summed E-state index contributed by atoms with van der Waals surface area (Å²) in [5.74, 6) is 0.0296. The summed E-state index contributed by atoms with van der Waals surface area (Å²) in [5.41, 5.74) is -0.307. The first kappa shape index (κ1) is 14.5. The van der Waals surface area contributed by atoms with Gasteiger partial charge in [-0.25, -0.2) is 0 Å². The largest absolute Gasteiger partial charge is 0.389 e. The number of amides is 1. The maximum Gasteiger partial charge on any atom is 0.229 e. The molecule has 21 heavy (non-hydrogen) atoms. The summed E-state index contributed by atoms with van der Waals surface area (Å²) in [6, 6.07) is 9.93. The fraction of sp³-hybridized carbons (Fsp3) is 0.588. The summed E-state index contributed by atoms with van der Waals surface area (Å²) in [4.78, 5) is 12.7. The van der Waals surface area contributed by atoms with Crippen LogP contribution in [0.3, 0.4) is 0 Å². The molecule has 0 aromatic heterocycles. The van der Waals surface area contributed by atoms with Gasteiger partial charge in [0.1, 0.15) is 0 Å². The Hall–Kier alpha value is -1.39. The lowest BCUT2D eigenvalue weighted by Crippen LogP contribution is -2.63. The molecule has 4 nitrogen and oxygen atoms in total. The highest BCUT2D eigenvalue weighted by atomic mass is 16.3. The summed E-state index contributed by atoms with van der Waals surface area (Å²) in [7, 11) is 0. The molecule has 1 aliphatic heterocycles. The topological polar surface area (TPSA) is 61.4 Å². The van der Waals surface area contributed by atoms with Crippen LogP contribution in [0.15, 0.2) is 30.3 Å². The number of piperidine rings is 1. The Morgan fingerprint density at radius 3 is 2.38 bits per heavy atom. The molecule has 1 saturated carbocycles. The van der Waals surface area contributed by atoms with Crippen molar-refractivity contribution in [3.05, 3.63) is 35.9 Å². The third-order valence-corrected chi connectivity index (χ3v) is 5.26. The van der Waals surface area contributed by atoms with Crippen molar-refractivity contribution in [3.8, 4) is 0 Å². The van der Waals surface area contributed by atoms with Crippen molar-refractivity contribution in [1.82, 2.24) is 10.6 Å². The van der Waals surface area contributed by atoms with Crippen molar-refractivity contribution in [2.45, 2.75) is 44.2 Å². The highest BCUT2D eigenvalue weighted by Crippen LogP contribution is 2.52.